The van der Waals surface area contributed by atoms with Crippen molar-refractivity contribution in [3.63, 3.8) is 0 Å². The third-order valence-corrected chi connectivity index (χ3v) is 5.05. The number of hydrogen-bond acceptors (Lipinski definition) is 2. The minimum atomic E-state index is 0.706. The lowest BCUT2D eigenvalue weighted by atomic mass is 9.94. The number of para-hydroxylation sites is 1. The molecule has 0 saturated carbocycles. The van der Waals surface area contributed by atoms with Crippen LogP contribution in [-0.2, 0) is 0 Å². The van der Waals surface area contributed by atoms with Gasteiger partial charge in [0.2, 0.25) is 0 Å². The van der Waals surface area contributed by atoms with Crippen molar-refractivity contribution in [3.05, 3.63) is 29.8 Å². The average molecular weight is 258 g/mol. The van der Waals surface area contributed by atoms with E-state index in [1.807, 2.05) is 0 Å². The van der Waals surface area contributed by atoms with Crippen LogP contribution in [0.25, 0.3) is 0 Å². The van der Waals surface area contributed by atoms with Crippen LogP contribution >= 0.6 is 0 Å². The number of nitrogens with one attached hydrogen (secondary N) is 1. The molecule has 0 aromatic heterocycles. The zero-order valence-electron chi connectivity index (χ0n) is 12.2. The lowest BCUT2D eigenvalue weighted by Gasteiger charge is -2.39. The second-order valence-corrected chi connectivity index (χ2v) is 6.32. The molecule has 0 radical (unpaired) electrons. The van der Waals surface area contributed by atoms with Gasteiger partial charge < -0.3 is 5.32 Å². The predicted molar refractivity (Wildman–Crippen MR) is 81.8 cm³/mol. The number of benzene rings is 1. The van der Waals surface area contributed by atoms with Gasteiger partial charge in [0.25, 0.3) is 0 Å². The standard InChI is InChI=1S/C17H26N2/c1-13-6-5-7-14(2)19(13)11-10-15-12-18-17-9-4-3-8-16(15)17/h3-4,8-9,13-15,18H,5-7,10-12H2,1-2H3. The zero-order valence-corrected chi connectivity index (χ0v) is 12.2. The molecule has 2 aliphatic rings. The molecule has 2 aliphatic heterocycles. The molecule has 3 rings (SSSR count). The molecule has 1 aromatic carbocycles. The lowest BCUT2D eigenvalue weighted by Crippen LogP contribution is -2.44. The van der Waals surface area contributed by atoms with Crippen molar-refractivity contribution in [1.82, 2.24) is 4.90 Å². The van der Waals surface area contributed by atoms with E-state index in [0.717, 1.165) is 18.6 Å². The van der Waals surface area contributed by atoms with Crippen LogP contribution in [0.4, 0.5) is 5.69 Å². The van der Waals surface area contributed by atoms with Crippen LogP contribution in [0.1, 0.15) is 51.0 Å². The molecule has 0 spiro atoms. The number of nitrogens with zero attached hydrogens (tertiary/aromatic N) is 1. The van der Waals surface area contributed by atoms with E-state index in [-0.39, 0.29) is 0 Å². The van der Waals surface area contributed by atoms with Crippen molar-refractivity contribution in [3.8, 4) is 0 Å². The van der Waals surface area contributed by atoms with Crippen molar-refractivity contribution in [2.45, 2.75) is 57.5 Å². The summed E-state index contributed by atoms with van der Waals surface area (Å²) in [6.45, 7) is 7.17. The van der Waals surface area contributed by atoms with E-state index in [9.17, 15) is 0 Å². The third-order valence-electron chi connectivity index (χ3n) is 5.05. The Hall–Kier alpha value is -1.02. The van der Waals surface area contributed by atoms with E-state index in [1.54, 1.807) is 0 Å². The molecule has 3 unspecified atom stereocenters. The number of anilines is 1. The second kappa shape index (κ2) is 5.54. The Morgan fingerprint density at radius 1 is 1.16 bits per heavy atom. The van der Waals surface area contributed by atoms with Gasteiger partial charge in [-0.2, -0.15) is 0 Å². The molecule has 1 aromatic rings. The minimum absolute atomic E-state index is 0.706. The normalized spacial score (nSPS) is 30.9. The van der Waals surface area contributed by atoms with Crippen LogP contribution in [0.2, 0.25) is 0 Å². The minimum Gasteiger partial charge on any atom is -0.384 e. The number of hydrogen-bond donors (Lipinski definition) is 1. The largest absolute Gasteiger partial charge is 0.384 e. The van der Waals surface area contributed by atoms with E-state index in [1.165, 1.54) is 43.5 Å². The summed E-state index contributed by atoms with van der Waals surface area (Å²) in [6.07, 6.45) is 5.46. The van der Waals surface area contributed by atoms with E-state index in [4.69, 9.17) is 0 Å². The molecule has 0 amide bonds. The second-order valence-electron chi connectivity index (χ2n) is 6.32. The fourth-order valence-corrected chi connectivity index (χ4v) is 3.84. The number of rotatable bonds is 3. The Morgan fingerprint density at radius 3 is 2.68 bits per heavy atom. The zero-order chi connectivity index (χ0) is 13.2. The summed E-state index contributed by atoms with van der Waals surface area (Å²) in [6, 6.07) is 10.3. The maximum Gasteiger partial charge on any atom is 0.0376 e. The smallest absolute Gasteiger partial charge is 0.0376 e. The monoisotopic (exact) mass is 258 g/mol. The third kappa shape index (κ3) is 2.64. The van der Waals surface area contributed by atoms with E-state index >= 15 is 0 Å². The van der Waals surface area contributed by atoms with Crippen LogP contribution in [0, 0.1) is 0 Å². The van der Waals surface area contributed by atoms with Gasteiger partial charge in [-0.15, -0.1) is 0 Å². The molecule has 0 aliphatic carbocycles. The van der Waals surface area contributed by atoms with Gasteiger partial charge >= 0.3 is 0 Å². The molecule has 2 heterocycles. The number of likely N-dealkylation sites (tertiary alicyclic amines) is 1. The molecule has 19 heavy (non-hydrogen) atoms. The van der Waals surface area contributed by atoms with E-state index in [2.05, 4.69) is 48.3 Å². The summed E-state index contributed by atoms with van der Waals surface area (Å²) < 4.78 is 0. The van der Waals surface area contributed by atoms with Crippen molar-refractivity contribution >= 4 is 5.69 Å². The molecular weight excluding hydrogens is 232 g/mol. The van der Waals surface area contributed by atoms with Crippen LogP contribution in [0.15, 0.2) is 24.3 Å². The molecule has 2 heteroatoms. The van der Waals surface area contributed by atoms with Crippen LogP contribution in [-0.4, -0.2) is 30.1 Å². The molecule has 104 valence electrons. The van der Waals surface area contributed by atoms with Gasteiger partial charge in [-0.05, 0) is 51.3 Å². The van der Waals surface area contributed by atoms with Gasteiger partial charge in [0.05, 0.1) is 0 Å². The fourth-order valence-electron chi connectivity index (χ4n) is 3.84. The van der Waals surface area contributed by atoms with Crippen molar-refractivity contribution < 1.29 is 0 Å². The van der Waals surface area contributed by atoms with Crippen LogP contribution in [0.3, 0.4) is 0 Å². The van der Waals surface area contributed by atoms with Crippen molar-refractivity contribution in [2.75, 3.05) is 18.4 Å². The molecular formula is C17H26N2. The summed E-state index contributed by atoms with van der Waals surface area (Å²) in [5.41, 5.74) is 2.88. The first kappa shape index (κ1) is 13.0. The highest BCUT2D eigenvalue weighted by atomic mass is 15.2. The molecule has 1 N–H and O–H groups in total. The van der Waals surface area contributed by atoms with Gasteiger partial charge in [-0.25, -0.2) is 0 Å². The van der Waals surface area contributed by atoms with E-state index in [0.29, 0.717) is 5.92 Å². The molecule has 1 fully saturated rings. The summed E-state index contributed by atoms with van der Waals surface area (Å²) >= 11 is 0. The van der Waals surface area contributed by atoms with Gasteiger partial charge in [0.15, 0.2) is 0 Å². The Balaban J connectivity index is 1.61. The van der Waals surface area contributed by atoms with Crippen LogP contribution in [0.5, 0.6) is 0 Å². The summed E-state index contributed by atoms with van der Waals surface area (Å²) in [5, 5.41) is 3.54. The van der Waals surface area contributed by atoms with Crippen LogP contribution < -0.4 is 5.32 Å². The first-order chi connectivity index (χ1) is 9.25. The van der Waals surface area contributed by atoms with Gasteiger partial charge in [-0.1, -0.05) is 24.6 Å². The predicted octanol–water partition coefficient (Wildman–Crippen LogP) is 3.85. The van der Waals surface area contributed by atoms with Gasteiger partial charge in [0, 0.05) is 30.2 Å². The van der Waals surface area contributed by atoms with Gasteiger partial charge in [-0.3, -0.25) is 4.90 Å². The molecule has 3 atom stereocenters. The Labute approximate surface area is 117 Å². The highest BCUT2D eigenvalue weighted by Crippen LogP contribution is 2.34. The highest BCUT2D eigenvalue weighted by molar-refractivity contribution is 5.57. The van der Waals surface area contributed by atoms with Gasteiger partial charge in [0.1, 0.15) is 0 Å². The Morgan fingerprint density at radius 2 is 1.89 bits per heavy atom. The topological polar surface area (TPSA) is 15.3 Å². The maximum absolute atomic E-state index is 3.54. The SMILES string of the molecule is CC1CCCC(C)N1CCC1CNc2ccccc21. The fraction of sp³-hybridized carbons (Fsp3) is 0.647. The highest BCUT2D eigenvalue weighted by Gasteiger charge is 2.27. The Kier molecular flexibility index (Phi) is 3.79. The van der Waals surface area contributed by atoms with E-state index < -0.39 is 0 Å². The molecule has 2 nitrogen and oxygen atoms in total. The average Bonchev–Trinajstić information content (AvgIpc) is 2.82. The summed E-state index contributed by atoms with van der Waals surface area (Å²) in [5.74, 6) is 0.706. The molecule has 1 saturated heterocycles. The van der Waals surface area contributed by atoms with Crippen molar-refractivity contribution in [1.29, 1.82) is 0 Å². The first-order valence-corrected chi connectivity index (χ1v) is 7.84. The number of fused-ring (bicyclic) bond motifs is 1. The lowest BCUT2D eigenvalue weighted by molar-refractivity contribution is 0.100. The maximum atomic E-state index is 3.54. The summed E-state index contributed by atoms with van der Waals surface area (Å²) in [4.78, 5) is 2.73. The Bertz CT molecular complexity index is 419. The quantitative estimate of drug-likeness (QED) is 0.886. The number of piperidine rings is 1. The van der Waals surface area contributed by atoms with Crippen molar-refractivity contribution in [2.24, 2.45) is 0 Å². The first-order valence-electron chi connectivity index (χ1n) is 7.84. The summed E-state index contributed by atoms with van der Waals surface area (Å²) in [7, 11) is 0. The molecule has 0 bridgehead atoms.